The van der Waals surface area contributed by atoms with E-state index < -0.39 is 21.6 Å². The summed E-state index contributed by atoms with van der Waals surface area (Å²) in [5.74, 6) is -0.0586. The van der Waals surface area contributed by atoms with Crippen molar-refractivity contribution in [1.82, 2.24) is 4.72 Å². The van der Waals surface area contributed by atoms with E-state index in [9.17, 15) is 18.0 Å². The van der Waals surface area contributed by atoms with E-state index in [1.807, 2.05) is 13.8 Å². The SMILES string of the molecule is CCOc1ccc(S(=O)(=O)NCCC(=O)OCc2cc(=O)oc3cc(CC)c(Cl)cc23)cc1. The lowest BCUT2D eigenvalue weighted by Gasteiger charge is -2.10. The van der Waals surface area contributed by atoms with Gasteiger partial charge in [-0.1, -0.05) is 18.5 Å². The monoisotopic (exact) mass is 493 g/mol. The maximum Gasteiger partial charge on any atom is 0.336 e. The van der Waals surface area contributed by atoms with Crippen LogP contribution in [-0.4, -0.2) is 27.5 Å². The minimum absolute atomic E-state index is 0.0603. The first kappa shape index (κ1) is 24.8. The van der Waals surface area contributed by atoms with Crippen LogP contribution >= 0.6 is 11.6 Å². The lowest BCUT2D eigenvalue weighted by molar-refractivity contribution is -0.144. The van der Waals surface area contributed by atoms with E-state index in [1.165, 1.54) is 18.2 Å². The van der Waals surface area contributed by atoms with Gasteiger partial charge in [0, 0.05) is 28.6 Å². The third kappa shape index (κ3) is 6.34. The van der Waals surface area contributed by atoms with Crippen LogP contribution in [0.15, 0.2) is 56.6 Å². The van der Waals surface area contributed by atoms with Gasteiger partial charge in [0.15, 0.2) is 0 Å². The van der Waals surface area contributed by atoms with Gasteiger partial charge in [-0.3, -0.25) is 4.79 Å². The molecule has 0 aliphatic heterocycles. The number of aryl methyl sites for hydroxylation is 1. The van der Waals surface area contributed by atoms with Crippen molar-refractivity contribution in [3.05, 3.63) is 69.0 Å². The van der Waals surface area contributed by atoms with Crippen LogP contribution in [0.4, 0.5) is 0 Å². The van der Waals surface area contributed by atoms with Crippen molar-refractivity contribution in [1.29, 1.82) is 0 Å². The van der Waals surface area contributed by atoms with Crippen LogP contribution in [0.25, 0.3) is 11.0 Å². The smallest absolute Gasteiger partial charge is 0.336 e. The minimum Gasteiger partial charge on any atom is -0.494 e. The van der Waals surface area contributed by atoms with Gasteiger partial charge in [-0.15, -0.1) is 0 Å². The highest BCUT2D eigenvalue weighted by Gasteiger charge is 2.16. The normalized spacial score (nSPS) is 11.5. The number of halogens is 1. The predicted octanol–water partition coefficient (Wildman–Crippen LogP) is 3.82. The second-order valence-electron chi connectivity index (χ2n) is 7.10. The molecule has 2 aromatic carbocycles. The first-order valence-corrected chi connectivity index (χ1v) is 12.2. The van der Waals surface area contributed by atoms with Crippen molar-refractivity contribution in [3.63, 3.8) is 0 Å². The molecule has 0 aliphatic carbocycles. The molecule has 1 N–H and O–H groups in total. The standard InChI is InChI=1S/C23H24ClNO7S/c1-3-15-11-21-19(13-20(15)24)16(12-23(27)32-21)14-31-22(26)9-10-25-33(28,29)18-7-5-17(6-8-18)30-4-2/h5-8,11-13,25H,3-4,9-10,14H2,1-2H3. The van der Waals surface area contributed by atoms with E-state index >= 15 is 0 Å². The van der Waals surface area contributed by atoms with Crippen LogP contribution in [0.3, 0.4) is 0 Å². The van der Waals surface area contributed by atoms with E-state index in [0.29, 0.717) is 40.3 Å². The van der Waals surface area contributed by atoms with Crippen LogP contribution in [-0.2, 0) is 32.6 Å². The van der Waals surface area contributed by atoms with Crippen LogP contribution in [0.2, 0.25) is 5.02 Å². The number of fused-ring (bicyclic) bond motifs is 1. The summed E-state index contributed by atoms with van der Waals surface area (Å²) in [5.41, 5.74) is 1.08. The molecule has 0 fully saturated rings. The lowest BCUT2D eigenvalue weighted by atomic mass is 10.1. The van der Waals surface area contributed by atoms with Gasteiger partial charge in [-0.05, 0) is 55.3 Å². The summed E-state index contributed by atoms with van der Waals surface area (Å²) < 4.78 is 42.9. The summed E-state index contributed by atoms with van der Waals surface area (Å²) in [5, 5.41) is 1.09. The molecule has 176 valence electrons. The molecule has 0 amide bonds. The highest BCUT2D eigenvalue weighted by atomic mass is 35.5. The number of rotatable bonds is 10. The Balaban J connectivity index is 1.59. The number of carbonyl (C=O) groups is 1. The molecule has 0 atom stereocenters. The average molecular weight is 494 g/mol. The third-order valence-electron chi connectivity index (χ3n) is 4.83. The summed E-state index contributed by atoms with van der Waals surface area (Å²) in [6.45, 7) is 3.92. The number of carbonyl (C=O) groups excluding carboxylic acids is 1. The quantitative estimate of drug-likeness (QED) is 0.337. The number of nitrogens with one attached hydrogen (secondary N) is 1. The van der Waals surface area contributed by atoms with Crippen LogP contribution in [0.1, 0.15) is 31.4 Å². The zero-order valence-corrected chi connectivity index (χ0v) is 19.8. The third-order valence-corrected chi connectivity index (χ3v) is 6.66. The van der Waals surface area contributed by atoms with Gasteiger partial charge in [-0.2, -0.15) is 0 Å². The van der Waals surface area contributed by atoms with Gasteiger partial charge < -0.3 is 13.9 Å². The number of hydrogen-bond donors (Lipinski definition) is 1. The molecule has 0 bridgehead atoms. The van der Waals surface area contributed by atoms with Gasteiger partial charge in [0.25, 0.3) is 0 Å². The molecular formula is C23H24ClNO7S. The molecule has 0 radical (unpaired) electrons. The molecule has 0 unspecified atom stereocenters. The Bertz CT molecular complexity index is 1300. The molecule has 3 aromatic rings. The molecular weight excluding hydrogens is 470 g/mol. The Hall–Kier alpha value is -2.88. The van der Waals surface area contributed by atoms with E-state index in [1.54, 1.807) is 24.3 Å². The first-order chi connectivity index (χ1) is 15.7. The number of hydrogen-bond acceptors (Lipinski definition) is 7. The molecule has 3 rings (SSSR count). The van der Waals surface area contributed by atoms with E-state index in [4.69, 9.17) is 25.5 Å². The minimum atomic E-state index is -3.78. The molecule has 8 nitrogen and oxygen atoms in total. The second-order valence-corrected chi connectivity index (χ2v) is 9.27. The number of esters is 1. The topological polar surface area (TPSA) is 112 Å². The average Bonchev–Trinajstić information content (AvgIpc) is 2.78. The van der Waals surface area contributed by atoms with Gasteiger partial charge in [-0.25, -0.2) is 17.9 Å². The molecule has 33 heavy (non-hydrogen) atoms. The maximum absolute atomic E-state index is 12.4. The molecule has 1 aromatic heterocycles. The van der Waals surface area contributed by atoms with Crippen molar-refractivity contribution in [2.75, 3.05) is 13.2 Å². The summed E-state index contributed by atoms with van der Waals surface area (Å²) in [4.78, 5) is 24.1. The van der Waals surface area contributed by atoms with Gasteiger partial charge >= 0.3 is 11.6 Å². The Labute approximate surface area is 196 Å². The summed E-state index contributed by atoms with van der Waals surface area (Å²) >= 11 is 6.26. The van der Waals surface area contributed by atoms with E-state index in [0.717, 1.165) is 5.56 Å². The van der Waals surface area contributed by atoms with Crippen LogP contribution in [0.5, 0.6) is 5.75 Å². The fraction of sp³-hybridized carbons (Fsp3) is 0.304. The Morgan fingerprint density at radius 3 is 2.48 bits per heavy atom. The summed E-state index contributed by atoms with van der Waals surface area (Å²) in [6, 6.07) is 10.6. The fourth-order valence-corrected chi connectivity index (χ4v) is 4.49. The molecule has 0 spiro atoms. The van der Waals surface area contributed by atoms with Crippen molar-refractivity contribution in [2.24, 2.45) is 0 Å². The number of ether oxygens (including phenoxy) is 2. The predicted molar refractivity (Wildman–Crippen MR) is 124 cm³/mol. The summed E-state index contributed by atoms with van der Waals surface area (Å²) in [6.07, 6.45) is 0.487. The molecule has 0 aliphatic rings. The molecule has 0 saturated carbocycles. The van der Waals surface area contributed by atoms with Gasteiger partial charge in [0.2, 0.25) is 10.0 Å². The fourth-order valence-electron chi connectivity index (χ4n) is 3.16. The first-order valence-electron chi connectivity index (χ1n) is 10.4. The zero-order valence-electron chi connectivity index (χ0n) is 18.2. The Morgan fingerprint density at radius 1 is 1.09 bits per heavy atom. The summed E-state index contributed by atoms with van der Waals surface area (Å²) in [7, 11) is -3.78. The Kier molecular flexibility index (Phi) is 8.12. The van der Waals surface area contributed by atoms with Crippen LogP contribution < -0.4 is 15.1 Å². The number of benzene rings is 2. The van der Waals surface area contributed by atoms with Crippen LogP contribution in [0, 0.1) is 0 Å². The zero-order chi connectivity index (χ0) is 24.0. The van der Waals surface area contributed by atoms with Crippen molar-refractivity contribution in [2.45, 2.75) is 38.2 Å². The second kappa shape index (κ2) is 10.8. The van der Waals surface area contributed by atoms with Crippen molar-refractivity contribution in [3.8, 4) is 5.75 Å². The molecule has 0 saturated heterocycles. The van der Waals surface area contributed by atoms with E-state index in [-0.39, 0.29) is 24.5 Å². The number of sulfonamides is 1. The molecule has 10 heteroatoms. The van der Waals surface area contributed by atoms with Gasteiger partial charge in [0.1, 0.15) is 17.9 Å². The Morgan fingerprint density at radius 2 is 1.82 bits per heavy atom. The highest BCUT2D eigenvalue weighted by Crippen LogP contribution is 2.26. The van der Waals surface area contributed by atoms with E-state index in [2.05, 4.69) is 4.72 Å². The lowest BCUT2D eigenvalue weighted by Crippen LogP contribution is -2.26. The van der Waals surface area contributed by atoms with Crippen molar-refractivity contribution < 1.29 is 27.1 Å². The van der Waals surface area contributed by atoms with Crippen molar-refractivity contribution >= 4 is 38.6 Å². The highest BCUT2D eigenvalue weighted by molar-refractivity contribution is 7.89. The van der Waals surface area contributed by atoms with Gasteiger partial charge in [0.05, 0.1) is 17.9 Å². The largest absolute Gasteiger partial charge is 0.494 e. The molecule has 1 heterocycles. The maximum atomic E-state index is 12.4.